The largest absolute Gasteiger partial charge is 0.494 e. The Bertz CT molecular complexity index is 1080. The molecule has 0 aliphatic heterocycles. The number of rotatable bonds is 5. The molecule has 0 fully saturated rings. The Kier molecular flexibility index (Phi) is 5.60. The zero-order valence-electron chi connectivity index (χ0n) is 16.5. The third-order valence-electron chi connectivity index (χ3n) is 4.37. The molecule has 3 aromatic rings. The molecule has 2 heterocycles. The lowest BCUT2D eigenvalue weighted by Gasteiger charge is -2.07. The van der Waals surface area contributed by atoms with E-state index in [1.54, 1.807) is 38.2 Å². The quantitative estimate of drug-likeness (QED) is 0.711. The van der Waals surface area contributed by atoms with Crippen molar-refractivity contribution in [3.8, 4) is 16.3 Å². The fourth-order valence-electron chi connectivity index (χ4n) is 2.80. The molecule has 0 aliphatic carbocycles. The summed E-state index contributed by atoms with van der Waals surface area (Å²) >= 11 is 1.21. The molecule has 2 aromatic heterocycles. The van der Waals surface area contributed by atoms with Crippen molar-refractivity contribution < 1.29 is 9.53 Å². The van der Waals surface area contributed by atoms with Crippen LogP contribution in [-0.2, 0) is 7.05 Å². The third kappa shape index (κ3) is 3.82. The number of aryl methyl sites for hydroxylation is 3. The lowest BCUT2D eigenvalue weighted by molar-refractivity contribution is 0.103. The summed E-state index contributed by atoms with van der Waals surface area (Å²) in [4.78, 5) is 30.2. The summed E-state index contributed by atoms with van der Waals surface area (Å²) in [5.41, 5.74) is 3.04. The van der Waals surface area contributed by atoms with Crippen molar-refractivity contribution in [2.45, 2.75) is 27.7 Å². The lowest BCUT2D eigenvalue weighted by atomic mass is 10.1. The standard InChI is InChI=1S/C20H22N4O3S/c1-6-27-15-9-7-14(8-10-15)22-18(25)17-13(4)21-19(28-17)16-11(2)12(3)23-24(5)20(16)26/h7-10H,6H2,1-5H3,(H,22,25). The Hall–Kier alpha value is -3.00. The van der Waals surface area contributed by atoms with Gasteiger partial charge in [0.2, 0.25) is 0 Å². The Morgan fingerprint density at radius 3 is 2.50 bits per heavy atom. The first kappa shape index (κ1) is 19.8. The van der Waals surface area contributed by atoms with E-state index in [0.717, 1.165) is 17.0 Å². The van der Waals surface area contributed by atoms with Gasteiger partial charge in [-0.1, -0.05) is 0 Å². The summed E-state index contributed by atoms with van der Waals surface area (Å²) in [6.45, 7) is 7.95. The molecule has 0 aliphatic rings. The maximum atomic E-state index is 12.7. The average Bonchev–Trinajstić information content (AvgIpc) is 3.03. The van der Waals surface area contributed by atoms with E-state index in [2.05, 4.69) is 15.4 Å². The summed E-state index contributed by atoms with van der Waals surface area (Å²) in [5, 5.41) is 7.58. The van der Waals surface area contributed by atoms with Crippen LogP contribution in [0.1, 0.15) is 33.5 Å². The minimum absolute atomic E-state index is 0.227. The van der Waals surface area contributed by atoms with Crippen molar-refractivity contribution in [1.82, 2.24) is 14.8 Å². The van der Waals surface area contributed by atoms with Gasteiger partial charge in [0.1, 0.15) is 15.6 Å². The van der Waals surface area contributed by atoms with Gasteiger partial charge in [0.25, 0.3) is 11.5 Å². The number of amides is 1. The number of anilines is 1. The van der Waals surface area contributed by atoms with Gasteiger partial charge >= 0.3 is 0 Å². The van der Waals surface area contributed by atoms with Crippen LogP contribution in [0.25, 0.3) is 10.6 Å². The van der Waals surface area contributed by atoms with Crippen molar-refractivity contribution in [1.29, 1.82) is 0 Å². The Morgan fingerprint density at radius 2 is 1.86 bits per heavy atom. The van der Waals surface area contributed by atoms with E-state index in [0.29, 0.717) is 33.4 Å². The predicted octanol–water partition coefficient (Wildman–Crippen LogP) is 3.48. The SMILES string of the molecule is CCOc1ccc(NC(=O)c2sc(-c3c(C)c(C)nn(C)c3=O)nc2C)cc1. The predicted molar refractivity (Wildman–Crippen MR) is 110 cm³/mol. The second-order valence-corrected chi connectivity index (χ2v) is 7.36. The normalized spacial score (nSPS) is 10.8. The molecule has 0 unspecified atom stereocenters. The highest BCUT2D eigenvalue weighted by atomic mass is 32.1. The molecule has 0 saturated heterocycles. The first-order chi connectivity index (χ1) is 13.3. The summed E-state index contributed by atoms with van der Waals surface area (Å²) in [6.07, 6.45) is 0. The number of carbonyl (C=O) groups excluding carboxylic acids is 1. The highest BCUT2D eigenvalue weighted by Gasteiger charge is 2.21. The molecule has 0 bridgehead atoms. The van der Waals surface area contributed by atoms with E-state index in [9.17, 15) is 9.59 Å². The van der Waals surface area contributed by atoms with Crippen LogP contribution in [0.2, 0.25) is 0 Å². The molecule has 1 amide bonds. The smallest absolute Gasteiger partial charge is 0.277 e. The Balaban J connectivity index is 1.91. The van der Waals surface area contributed by atoms with E-state index >= 15 is 0 Å². The van der Waals surface area contributed by atoms with Gasteiger partial charge in [-0.15, -0.1) is 11.3 Å². The number of nitrogens with zero attached hydrogens (tertiary/aromatic N) is 3. The number of ether oxygens (including phenoxy) is 1. The fraction of sp³-hybridized carbons (Fsp3) is 0.300. The van der Waals surface area contributed by atoms with Crippen LogP contribution in [0, 0.1) is 20.8 Å². The number of hydrogen-bond donors (Lipinski definition) is 1. The van der Waals surface area contributed by atoms with E-state index in [1.165, 1.54) is 16.0 Å². The average molecular weight is 398 g/mol. The molecule has 0 spiro atoms. The summed E-state index contributed by atoms with van der Waals surface area (Å²) in [7, 11) is 1.61. The van der Waals surface area contributed by atoms with Gasteiger partial charge in [0.15, 0.2) is 0 Å². The van der Waals surface area contributed by atoms with Crippen LogP contribution < -0.4 is 15.6 Å². The molecular formula is C20H22N4O3S. The van der Waals surface area contributed by atoms with Gasteiger partial charge in [-0.05, 0) is 57.5 Å². The number of carbonyl (C=O) groups is 1. The molecule has 0 saturated carbocycles. The highest BCUT2D eigenvalue weighted by Crippen LogP contribution is 2.29. The zero-order valence-corrected chi connectivity index (χ0v) is 17.3. The van der Waals surface area contributed by atoms with E-state index in [-0.39, 0.29) is 11.5 Å². The molecule has 8 heteroatoms. The van der Waals surface area contributed by atoms with Gasteiger partial charge in [0, 0.05) is 12.7 Å². The molecule has 7 nitrogen and oxygen atoms in total. The number of nitrogens with one attached hydrogen (secondary N) is 1. The van der Waals surface area contributed by atoms with Crippen LogP contribution in [0.5, 0.6) is 5.75 Å². The fourth-order valence-corrected chi connectivity index (χ4v) is 3.86. The van der Waals surface area contributed by atoms with Crippen LogP contribution in [0.3, 0.4) is 0 Å². The van der Waals surface area contributed by atoms with Gasteiger partial charge in [-0.2, -0.15) is 5.10 Å². The number of thiazole rings is 1. The minimum Gasteiger partial charge on any atom is -0.494 e. The minimum atomic E-state index is -0.259. The van der Waals surface area contributed by atoms with E-state index in [4.69, 9.17) is 4.74 Å². The third-order valence-corrected chi connectivity index (χ3v) is 5.54. The number of benzene rings is 1. The molecule has 3 rings (SSSR count). The highest BCUT2D eigenvalue weighted by molar-refractivity contribution is 7.17. The number of hydrogen-bond acceptors (Lipinski definition) is 6. The molecule has 146 valence electrons. The van der Waals surface area contributed by atoms with Gasteiger partial charge in [0.05, 0.1) is 23.6 Å². The van der Waals surface area contributed by atoms with Gasteiger partial charge in [-0.3, -0.25) is 9.59 Å². The zero-order chi connectivity index (χ0) is 20.4. The van der Waals surface area contributed by atoms with Crippen molar-refractivity contribution in [2.24, 2.45) is 7.05 Å². The Labute approximate surface area is 167 Å². The van der Waals surface area contributed by atoms with Crippen LogP contribution in [-0.4, -0.2) is 27.3 Å². The maximum absolute atomic E-state index is 12.7. The first-order valence-electron chi connectivity index (χ1n) is 8.88. The van der Waals surface area contributed by atoms with Gasteiger partial charge < -0.3 is 10.1 Å². The maximum Gasteiger partial charge on any atom is 0.277 e. The summed E-state index contributed by atoms with van der Waals surface area (Å²) in [6, 6.07) is 7.17. The molecule has 1 aromatic carbocycles. The second kappa shape index (κ2) is 7.93. The van der Waals surface area contributed by atoms with E-state index in [1.807, 2.05) is 20.8 Å². The van der Waals surface area contributed by atoms with Crippen LogP contribution >= 0.6 is 11.3 Å². The van der Waals surface area contributed by atoms with Gasteiger partial charge in [-0.25, -0.2) is 9.67 Å². The monoisotopic (exact) mass is 398 g/mol. The van der Waals surface area contributed by atoms with Crippen molar-refractivity contribution in [2.75, 3.05) is 11.9 Å². The second-order valence-electron chi connectivity index (χ2n) is 6.36. The molecule has 0 radical (unpaired) electrons. The van der Waals surface area contributed by atoms with Crippen LogP contribution in [0.15, 0.2) is 29.1 Å². The first-order valence-corrected chi connectivity index (χ1v) is 9.70. The summed E-state index contributed by atoms with van der Waals surface area (Å²) in [5.74, 6) is 0.488. The molecule has 28 heavy (non-hydrogen) atoms. The molecular weight excluding hydrogens is 376 g/mol. The van der Waals surface area contributed by atoms with E-state index < -0.39 is 0 Å². The van der Waals surface area contributed by atoms with Crippen LogP contribution in [0.4, 0.5) is 5.69 Å². The summed E-state index contributed by atoms with van der Waals surface area (Å²) < 4.78 is 6.71. The molecule has 0 atom stereocenters. The lowest BCUT2D eigenvalue weighted by Crippen LogP contribution is -2.23. The van der Waals surface area contributed by atoms with Crippen molar-refractivity contribution >= 4 is 22.9 Å². The number of aromatic nitrogens is 3. The van der Waals surface area contributed by atoms with Crippen molar-refractivity contribution in [3.63, 3.8) is 0 Å². The topological polar surface area (TPSA) is 86.1 Å². The molecule has 1 N–H and O–H groups in total. The van der Waals surface area contributed by atoms with Crippen molar-refractivity contribution in [3.05, 3.63) is 56.4 Å². The Morgan fingerprint density at radius 1 is 1.18 bits per heavy atom.